The number of halogens is 6. The van der Waals surface area contributed by atoms with Gasteiger partial charge in [0, 0.05) is 4.47 Å². The van der Waals surface area contributed by atoms with Crippen LogP contribution in [0.2, 0.25) is 0 Å². The molecule has 0 saturated carbocycles. The van der Waals surface area contributed by atoms with Crippen molar-refractivity contribution < 1.29 is 13.6 Å². The van der Waals surface area contributed by atoms with E-state index in [2.05, 4.69) is 15.9 Å². The lowest BCUT2D eigenvalue weighted by atomic mass is 10.3. The fraction of sp³-hybridized carbons (Fsp3) is 0. The fourth-order valence-electron chi connectivity index (χ4n) is 0.916. The molecule has 1 aromatic carbocycles. The average molecular weight is 365 g/mol. The van der Waals surface area contributed by atoms with Gasteiger partial charge in [0.2, 0.25) is 0 Å². The Morgan fingerprint density at radius 3 is 2.06 bits per heavy atom. The summed E-state index contributed by atoms with van der Waals surface area (Å²) in [6, 6.07) is 1.97. The first kappa shape index (κ1) is 14.7. The summed E-state index contributed by atoms with van der Waals surface area (Å²) in [5.41, 5.74) is -0.633. The maximum absolute atomic E-state index is 13.3. The number of benzene rings is 1. The molecule has 0 atom stereocenters. The molecule has 0 bridgehead atoms. The van der Waals surface area contributed by atoms with Crippen LogP contribution in [0.25, 0.3) is 0 Å². The van der Waals surface area contributed by atoms with Gasteiger partial charge < -0.3 is 5.32 Å². The molecule has 0 fully saturated rings. The lowest BCUT2D eigenvalue weighted by molar-refractivity contribution is -0.112. The molecule has 1 aromatic rings. The largest absolute Gasteiger partial charge is 0.316 e. The van der Waals surface area contributed by atoms with E-state index in [1.807, 2.05) is 5.32 Å². The highest BCUT2D eigenvalue weighted by Crippen LogP contribution is 2.25. The Morgan fingerprint density at radius 2 is 1.65 bits per heavy atom. The summed E-state index contributed by atoms with van der Waals surface area (Å²) in [5.74, 6) is -2.92. The van der Waals surface area contributed by atoms with Crippen LogP contribution in [0.3, 0.4) is 0 Å². The summed E-state index contributed by atoms with van der Waals surface area (Å²) >= 11 is 18.8. The summed E-state index contributed by atoms with van der Waals surface area (Å²) in [7, 11) is 0. The van der Waals surface area contributed by atoms with Gasteiger partial charge in [-0.05, 0) is 12.1 Å². The quantitative estimate of drug-likeness (QED) is 0.766. The SMILES string of the molecule is O=C(Nc1c(F)cc(Br)cc1F)C(Cl)=C(Cl)Cl. The molecule has 0 aliphatic carbocycles. The molecule has 0 aromatic heterocycles. The predicted molar refractivity (Wildman–Crippen MR) is 67.3 cm³/mol. The second-order valence-electron chi connectivity index (χ2n) is 2.77. The molecule has 2 nitrogen and oxygen atoms in total. The molecule has 8 heteroatoms. The van der Waals surface area contributed by atoms with Gasteiger partial charge in [-0.1, -0.05) is 50.7 Å². The van der Waals surface area contributed by atoms with Crippen LogP contribution in [0, 0.1) is 11.6 Å². The van der Waals surface area contributed by atoms with Crippen molar-refractivity contribution in [3.05, 3.63) is 37.8 Å². The van der Waals surface area contributed by atoms with Crippen molar-refractivity contribution in [3.63, 3.8) is 0 Å². The van der Waals surface area contributed by atoms with Crippen molar-refractivity contribution in [1.29, 1.82) is 0 Å². The van der Waals surface area contributed by atoms with Crippen molar-refractivity contribution in [2.75, 3.05) is 5.32 Å². The minimum Gasteiger partial charge on any atom is -0.316 e. The van der Waals surface area contributed by atoms with E-state index in [0.29, 0.717) is 0 Å². The van der Waals surface area contributed by atoms with E-state index in [-0.39, 0.29) is 4.47 Å². The lowest BCUT2D eigenvalue weighted by Crippen LogP contribution is -2.14. The van der Waals surface area contributed by atoms with Crippen molar-refractivity contribution in [3.8, 4) is 0 Å². The molecule has 0 radical (unpaired) electrons. The normalized spacial score (nSPS) is 10.0. The van der Waals surface area contributed by atoms with Crippen LogP contribution in [0.4, 0.5) is 14.5 Å². The van der Waals surface area contributed by atoms with Crippen LogP contribution in [0.5, 0.6) is 0 Å². The Kier molecular flexibility index (Phi) is 5.19. The second kappa shape index (κ2) is 6.00. The molecule has 1 amide bonds. The maximum atomic E-state index is 13.3. The number of carbonyl (C=O) groups is 1. The van der Waals surface area contributed by atoms with Gasteiger partial charge in [0.25, 0.3) is 5.91 Å². The topological polar surface area (TPSA) is 29.1 Å². The number of amides is 1. The number of hydrogen-bond donors (Lipinski definition) is 1. The van der Waals surface area contributed by atoms with Crippen LogP contribution in [0.1, 0.15) is 0 Å². The summed E-state index contributed by atoms with van der Waals surface area (Å²) in [6.07, 6.45) is 0. The first-order valence-electron chi connectivity index (χ1n) is 3.99. The Labute approximate surface area is 119 Å². The standard InChI is InChI=1S/C9H3BrCl3F2NO/c10-3-1-4(14)7(5(15)2-3)16-9(17)6(11)8(12)13/h1-2H,(H,16,17). The molecular weight excluding hydrogens is 362 g/mol. The van der Waals surface area contributed by atoms with Crippen LogP contribution in [-0.2, 0) is 4.79 Å². The van der Waals surface area contributed by atoms with Gasteiger partial charge in [-0.3, -0.25) is 4.79 Å². The number of nitrogens with one attached hydrogen (secondary N) is 1. The average Bonchev–Trinajstić information content (AvgIpc) is 2.21. The molecule has 0 heterocycles. The van der Waals surface area contributed by atoms with E-state index in [4.69, 9.17) is 34.8 Å². The van der Waals surface area contributed by atoms with E-state index < -0.39 is 32.8 Å². The molecule has 0 aliphatic rings. The van der Waals surface area contributed by atoms with Crippen molar-refractivity contribution >= 4 is 62.3 Å². The third-order valence-corrected chi connectivity index (χ3v) is 3.00. The molecule has 0 spiro atoms. The zero-order valence-electron chi connectivity index (χ0n) is 7.83. The maximum Gasteiger partial charge on any atom is 0.269 e. The second-order valence-corrected chi connectivity index (χ2v) is 5.02. The van der Waals surface area contributed by atoms with Gasteiger partial charge >= 0.3 is 0 Å². The van der Waals surface area contributed by atoms with E-state index >= 15 is 0 Å². The van der Waals surface area contributed by atoms with Gasteiger partial charge in [0.15, 0.2) is 11.6 Å². The molecule has 0 aliphatic heterocycles. The molecule has 1 N–H and O–H groups in total. The number of rotatable bonds is 2. The highest BCUT2D eigenvalue weighted by Gasteiger charge is 2.17. The lowest BCUT2D eigenvalue weighted by Gasteiger charge is -2.07. The zero-order valence-corrected chi connectivity index (χ0v) is 11.7. The molecule has 92 valence electrons. The first-order valence-corrected chi connectivity index (χ1v) is 5.92. The van der Waals surface area contributed by atoms with E-state index in [9.17, 15) is 13.6 Å². The molecule has 0 saturated heterocycles. The Hall–Kier alpha value is -0.360. The molecule has 0 unspecified atom stereocenters. The smallest absolute Gasteiger partial charge is 0.269 e. The van der Waals surface area contributed by atoms with Crippen LogP contribution in [0.15, 0.2) is 26.1 Å². The summed E-state index contributed by atoms with van der Waals surface area (Å²) in [6.45, 7) is 0. The van der Waals surface area contributed by atoms with E-state index in [1.165, 1.54) is 0 Å². The molecule has 17 heavy (non-hydrogen) atoms. The number of carbonyl (C=O) groups excluding carboxylic acids is 1. The number of hydrogen-bond acceptors (Lipinski definition) is 1. The summed E-state index contributed by atoms with van der Waals surface area (Å²) in [4.78, 5) is 11.3. The minimum atomic E-state index is -1.01. The van der Waals surface area contributed by atoms with Gasteiger partial charge in [0.1, 0.15) is 15.2 Å². The van der Waals surface area contributed by atoms with Gasteiger partial charge in [0.05, 0.1) is 0 Å². The van der Waals surface area contributed by atoms with Gasteiger partial charge in [-0.25, -0.2) is 8.78 Å². The minimum absolute atomic E-state index is 0.197. The highest BCUT2D eigenvalue weighted by atomic mass is 79.9. The van der Waals surface area contributed by atoms with Gasteiger partial charge in [-0.2, -0.15) is 0 Å². The Bertz CT molecular complexity index is 480. The van der Waals surface area contributed by atoms with Crippen LogP contribution >= 0.6 is 50.7 Å². The van der Waals surface area contributed by atoms with Crippen molar-refractivity contribution in [1.82, 2.24) is 0 Å². The van der Waals surface area contributed by atoms with Crippen LogP contribution in [-0.4, -0.2) is 5.91 Å². The third kappa shape index (κ3) is 3.81. The number of anilines is 1. The van der Waals surface area contributed by atoms with E-state index in [0.717, 1.165) is 12.1 Å². The zero-order chi connectivity index (χ0) is 13.2. The predicted octanol–water partition coefficient (Wildman–Crippen LogP) is 4.55. The monoisotopic (exact) mass is 363 g/mol. The summed E-state index contributed by atoms with van der Waals surface area (Å²) < 4.78 is 26.4. The first-order chi connectivity index (χ1) is 7.82. The molecular formula is C9H3BrCl3F2NO. The Balaban J connectivity index is 3.05. The highest BCUT2D eigenvalue weighted by molar-refractivity contribution is 9.10. The van der Waals surface area contributed by atoms with E-state index in [1.54, 1.807) is 0 Å². The Morgan fingerprint density at radius 1 is 1.18 bits per heavy atom. The third-order valence-electron chi connectivity index (χ3n) is 1.61. The fourth-order valence-corrected chi connectivity index (χ4v) is 1.54. The van der Waals surface area contributed by atoms with Crippen molar-refractivity contribution in [2.24, 2.45) is 0 Å². The molecule has 1 rings (SSSR count). The summed E-state index contributed by atoms with van der Waals surface area (Å²) in [5, 5.41) is 1.36. The van der Waals surface area contributed by atoms with Gasteiger partial charge in [-0.15, -0.1) is 0 Å². The van der Waals surface area contributed by atoms with Crippen molar-refractivity contribution in [2.45, 2.75) is 0 Å². The van der Waals surface area contributed by atoms with Crippen LogP contribution < -0.4 is 5.32 Å².